The SMILES string of the molecule is c1ccc(-c2ccc3sc4c(ccc5c4c4cc(-n6c7ccccc7c7ccccc76)ccc4n5-c4ccc5oc6ccccc6c5c4)c3c2)cc1. The fourth-order valence-electron chi connectivity index (χ4n) is 8.61. The fraction of sp³-hybridized carbons (Fsp3) is 0. The van der Waals surface area contributed by atoms with Crippen molar-refractivity contribution >= 4 is 97.1 Å². The molecule has 0 amide bonds. The number of furan rings is 1. The Labute approximate surface area is 301 Å². The van der Waals surface area contributed by atoms with Crippen LogP contribution in [-0.2, 0) is 0 Å². The van der Waals surface area contributed by atoms with Gasteiger partial charge in [-0.1, -0.05) is 97.1 Å². The molecular formula is C48H28N2OS. The molecule has 0 spiro atoms. The fourth-order valence-corrected chi connectivity index (χ4v) is 9.85. The Hall–Kier alpha value is -6.62. The highest BCUT2D eigenvalue weighted by Crippen LogP contribution is 2.45. The molecule has 0 saturated heterocycles. The molecule has 0 bridgehead atoms. The lowest BCUT2D eigenvalue weighted by atomic mass is 10.0. The van der Waals surface area contributed by atoms with Gasteiger partial charge in [0.05, 0.1) is 22.1 Å². The number of hydrogen-bond acceptors (Lipinski definition) is 2. The van der Waals surface area contributed by atoms with Crippen molar-refractivity contribution in [1.82, 2.24) is 9.13 Å². The van der Waals surface area contributed by atoms with Gasteiger partial charge in [-0.15, -0.1) is 11.3 Å². The van der Waals surface area contributed by atoms with Crippen molar-refractivity contribution in [3.05, 3.63) is 170 Å². The number of aromatic nitrogens is 2. The minimum atomic E-state index is 0.903. The van der Waals surface area contributed by atoms with Crippen molar-refractivity contribution < 1.29 is 4.42 Å². The van der Waals surface area contributed by atoms with E-state index in [0.717, 1.165) is 33.3 Å². The van der Waals surface area contributed by atoms with E-state index in [9.17, 15) is 0 Å². The van der Waals surface area contributed by atoms with Crippen LogP contribution in [0.15, 0.2) is 174 Å². The molecule has 0 aliphatic carbocycles. The van der Waals surface area contributed by atoms with Crippen molar-refractivity contribution in [3.63, 3.8) is 0 Å². The summed E-state index contributed by atoms with van der Waals surface area (Å²) in [5.74, 6) is 0. The lowest BCUT2D eigenvalue weighted by molar-refractivity contribution is 0.669. The van der Waals surface area contributed by atoms with E-state index in [1.807, 2.05) is 23.5 Å². The molecule has 0 aliphatic rings. The van der Waals surface area contributed by atoms with Crippen LogP contribution in [0.2, 0.25) is 0 Å². The maximum atomic E-state index is 6.25. The van der Waals surface area contributed by atoms with Crippen molar-refractivity contribution in [2.45, 2.75) is 0 Å². The molecular weight excluding hydrogens is 653 g/mol. The standard InChI is InChI=1S/C48H28N2OS/c1-2-10-29(11-3-1)30-18-25-46-38(26-30)36-21-23-43-47(48(36)52-46)39-28-31(49-40-15-7-4-12-33(40)34-13-5-8-16-41(34)49)19-22-42(39)50(43)32-20-24-45-37(27-32)35-14-6-9-17-44(35)51-45/h1-28H. The topological polar surface area (TPSA) is 23.0 Å². The molecule has 0 aliphatic heterocycles. The first-order valence-electron chi connectivity index (χ1n) is 17.7. The van der Waals surface area contributed by atoms with Gasteiger partial charge < -0.3 is 13.6 Å². The molecule has 52 heavy (non-hydrogen) atoms. The lowest BCUT2D eigenvalue weighted by Crippen LogP contribution is -1.95. The number of nitrogens with zero attached hydrogens (tertiary/aromatic N) is 2. The number of rotatable bonds is 3. The molecule has 12 aromatic rings. The van der Waals surface area contributed by atoms with Gasteiger partial charge in [-0.05, 0) is 83.9 Å². The third-order valence-electron chi connectivity index (χ3n) is 10.9. The Bertz CT molecular complexity index is 3360. The second kappa shape index (κ2) is 10.5. The third kappa shape index (κ3) is 3.84. The number of benzene rings is 8. The molecule has 0 saturated carbocycles. The van der Waals surface area contributed by atoms with E-state index in [4.69, 9.17) is 4.42 Å². The summed E-state index contributed by atoms with van der Waals surface area (Å²) in [5.41, 5.74) is 11.4. The van der Waals surface area contributed by atoms with Gasteiger partial charge in [0.25, 0.3) is 0 Å². The molecule has 0 atom stereocenters. The molecule has 242 valence electrons. The monoisotopic (exact) mass is 680 g/mol. The average Bonchev–Trinajstić information content (AvgIpc) is 3.95. The van der Waals surface area contributed by atoms with E-state index >= 15 is 0 Å². The van der Waals surface area contributed by atoms with Gasteiger partial charge in [-0.25, -0.2) is 0 Å². The first kappa shape index (κ1) is 28.1. The van der Waals surface area contributed by atoms with Crippen LogP contribution < -0.4 is 0 Å². The van der Waals surface area contributed by atoms with Gasteiger partial charge in [-0.3, -0.25) is 0 Å². The van der Waals surface area contributed by atoms with E-state index in [1.165, 1.54) is 74.9 Å². The molecule has 12 rings (SSSR count). The average molecular weight is 681 g/mol. The summed E-state index contributed by atoms with van der Waals surface area (Å²) in [7, 11) is 0. The summed E-state index contributed by atoms with van der Waals surface area (Å²) in [6.45, 7) is 0. The zero-order valence-corrected chi connectivity index (χ0v) is 28.7. The van der Waals surface area contributed by atoms with Gasteiger partial charge in [0.1, 0.15) is 11.2 Å². The molecule has 3 nitrogen and oxygen atoms in total. The van der Waals surface area contributed by atoms with Crippen LogP contribution >= 0.6 is 11.3 Å². The largest absolute Gasteiger partial charge is 0.456 e. The summed E-state index contributed by atoms with van der Waals surface area (Å²) in [5, 5.41) is 9.92. The molecule has 8 aromatic carbocycles. The van der Waals surface area contributed by atoms with Gasteiger partial charge in [0, 0.05) is 63.9 Å². The maximum absolute atomic E-state index is 6.25. The summed E-state index contributed by atoms with van der Waals surface area (Å²) in [4.78, 5) is 0. The highest BCUT2D eigenvalue weighted by molar-refractivity contribution is 7.26. The van der Waals surface area contributed by atoms with E-state index in [2.05, 4.69) is 167 Å². The minimum Gasteiger partial charge on any atom is -0.456 e. The predicted octanol–water partition coefficient (Wildman–Crippen LogP) is 13.8. The van der Waals surface area contributed by atoms with Crippen LogP contribution in [0.3, 0.4) is 0 Å². The van der Waals surface area contributed by atoms with E-state index in [-0.39, 0.29) is 0 Å². The normalized spacial score (nSPS) is 12.2. The van der Waals surface area contributed by atoms with E-state index in [0.29, 0.717) is 0 Å². The molecule has 4 aromatic heterocycles. The predicted molar refractivity (Wildman–Crippen MR) is 221 cm³/mol. The number of thiophene rings is 1. The van der Waals surface area contributed by atoms with Crippen molar-refractivity contribution in [2.24, 2.45) is 0 Å². The summed E-state index contributed by atoms with van der Waals surface area (Å²) in [6, 6.07) is 61.7. The van der Waals surface area contributed by atoms with Gasteiger partial charge in [0.15, 0.2) is 0 Å². The molecule has 0 unspecified atom stereocenters. The quantitative estimate of drug-likeness (QED) is 0.182. The Balaban J connectivity index is 1.19. The Morgan fingerprint density at radius 2 is 0.981 bits per heavy atom. The molecule has 4 heterocycles. The number of fused-ring (bicyclic) bond motifs is 13. The van der Waals surface area contributed by atoms with Crippen molar-refractivity contribution in [3.8, 4) is 22.5 Å². The van der Waals surface area contributed by atoms with Crippen LogP contribution in [0.5, 0.6) is 0 Å². The minimum absolute atomic E-state index is 0.903. The Morgan fingerprint density at radius 3 is 1.79 bits per heavy atom. The highest BCUT2D eigenvalue weighted by Gasteiger charge is 2.21. The summed E-state index contributed by atoms with van der Waals surface area (Å²) in [6.07, 6.45) is 0. The van der Waals surface area contributed by atoms with E-state index < -0.39 is 0 Å². The second-order valence-electron chi connectivity index (χ2n) is 13.7. The van der Waals surface area contributed by atoms with Crippen LogP contribution in [0.25, 0.3) is 108 Å². The highest BCUT2D eigenvalue weighted by atomic mass is 32.1. The molecule has 4 heteroatoms. The van der Waals surface area contributed by atoms with Crippen LogP contribution in [0, 0.1) is 0 Å². The number of para-hydroxylation sites is 3. The van der Waals surface area contributed by atoms with Crippen LogP contribution in [0.1, 0.15) is 0 Å². The van der Waals surface area contributed by atoms with Gasteiger partial charge in [-0.2, -0.15) is 0 Å². The smallest absolute Gasteiger partial charge is 0.135 e. The van der Waals surface area contributed by atoms with Gasteiger partial charge in [0.2, 0.25) is 0 Å². The van der Waals surface area contributed by atoms with Crippen molar-refractivity contribution in [2.75, 3.05) is 0 Å². The third-order valence-corrected chi connectivity index (χ3v) is 12.1. The summed E-state index contributed by atoms with van der Waals surface area (Å²) >= 11 is 1.90. The second-order valence-corrected chi connectivity index (χ2v) is 14.8. The lowest BCUT2D eigenvalue weighted by Gasteiger charge is -2.10. The zero-order valence-electron chi connectivity index (χ0n) is 27.9. The first-order valence-corrected chi connectivity index (χ1v) is 18.5. The Kier molecular flexibility index (Phi) is 5.65. The zero-order chi connectivity index (χ0) is 33.9. The maximum Gasteiger partial charge on any atom is 0.135 e. The van der Waals surface area contributed by atoms with Crippen LogP contribution in [0.4, 0.5) is 0 Å². The molecule has 0 N–H and O–H groups in total. The molecule has 0 fully saturated rings. The summed E-state index contributed by atoms with van der Waals surface area (Å²) < 4.78 is 13.7. The Morgan fingerprint density at radius 1 is 0.365 bits per heavy atom. The van der Waals surface area contributed by atoms with Crippen molar-refractivity contribution in [1.29, 1.82) is 0 Å². The first-order chi connectivity index (χ1) is 25.8. The van der Waals surface area contributed by atoms with Gasteiger partial charge >= 0.3 is 0 Å². The number of hydrogen-bond donors (Lipinski definition) is 0. The van der Waals surface area contributed by atoms with E-state index in [1.54, 1.807) is 0 Å². The van der Waals surface area contributed by atoms with Crippen LogP contribution in [-0.4, -0.2) is 9.13 Å². The molecule has 0 radical (unpaired) electrons.